The molecule has 11 aromatic carbocycles. The van der Waals surface area contributed by atoms with Crippen LogP contribution in [0.3, 0.4) is 0 Å². The van der Waals surface area contributed by atoms with Crippen molar-refractivity contribution < 1.29 is 4.42 Å². The first-order chi connectivity index (χ1) is 29.8. The molecule has 0 bridgehead atoms. The van der Waals surface area contributed by atoms with Gasteiger partial charge < -0.3 is 4.42 Å². The molecule has 2 heteroatoms. The zero-order valence-electron chi connectivity index (χ0n) is 32.4. The molecule has 0 aliphatic heterocycles. The summed E-state index contributed by atoms with van der Waals surface area (Å²) in [4.78, 5) is 0. The Morgan fingerprint density at radius 2 is 0.717 bits per heavy atom. The van der Waals surface area contributed by atoms with Crippen LogP contribution in [-0.2, 0) is 0 Å². The number of thiophene rings is 1. The lowest BCUT2D eigenvalue weighted by Gasteiger charge is -2.19. The van der Waals surface area contributed by atoms with Gasteiger partial charge in [-0.2, -0.15) is 0 Å². The maximum Gasteiger partial charge on any atom is 0.136 e. The number of hydrogen-bond donors (Lipinski definition) is 0. The van der Waals surface area contributed by atoms with Gasteiger partial charge in [-0.25, -0.2) is 0 Å². The SMILES string of the molecule is c1ccc(-c2c3ccccc3c(-c3cccc4sc5cc(-c6c7ccccc7c(-c7cccc8oc9ccccc9c78)c7ccccc67)ccc5c34)c3ccccc23)cc1. The average molecular weight is 779 g/mol. The minimum Gasteiger partial charge on any atom is -0.456 e. The maximum absolute atomic E-state index is 6.40. The molecular formula is C58H34OS. The summed E-state index contributed by atoms with van der Waals surface area (Å²) >= 11 is 1.89. The second-order valence-corrected chi connectivity index (χ2v) is 16.9. The number of fused-ring (bicyclic) bond motifs is 10. The Hall–Kier alpha value is -7.52. The largest absolute Gasteiger partial charge is 0.456 e. The molecule has 1 nitrogen and oxygen atoms in total. The summed E-state index contributed by atoms with van der Waals surface area (Å²) in [6.45, 7) is 0. The van der Waals surface area contributed by atoms with E-state index in [2.05, 4.69) is 200 Å². The molecule has 60 heavy (non-hydrogen) atoms. The zero-order chi connectivity index (χ0) is 39.3. The summed E-state index contributed by atoms with van der Waals surface area (Å²) in [7, 11) is 0. The van der Waals surface area contributed by atoms with Gasteiger partial charge in [-0.05, 0) is 112 Å². The molecule has 0 amide bonds. The number of para-hydroxylation sites is 1. The predicted molar refractivity (Wildman–Crippen MR) is 258 cm³/mol. The zero-order valence-corrected chi connectivity index (χ0v) is 33.3. The highest BCUT2D eigenvalue weighted by molar-refractivity contribution is 7.26. The van der Waals surface area contributed by atoms with Gasteiger partial charge in [0.2, 0.25) is 0 Å². The summed E-state index contributed by atoms with van der Waals surface area (Å²) in [6.07, 6.45) is 0. The first-order valence-corrected chi connectivity index (χ1v) is 21.4. The lowest BCUT2D eigenvalue weighted by Crippen LogP contribution is -1.91. The van der Waals surface area contributed by atoms with Crippen LogP contribution < -0.4 is 0 Å². The normalized spacial score (nSPS) is 12.0. The Kier molecular flexibility index (Phi) is 7.24. The van der Waals surface area contributed by atoms with Gasteiger partial charge in [0, 0.05) is 30.9 Å². The van der Waals surface area contributed by atoms with E-state index in [4.69, 9.17) is 4.42 Å². The summed E-state index contributed by atoms with van der Waals surface area (Å²) in [5.41, 5.74) is 11.9. The maximum atomic E-state index is 6.40. The molecule has 2 aromatic heterocycles. The molecule has 0 unspecified atom stereocenters. The molecule has 0 aliphatic carbocycles. The second-order valence-electron chi connectivity index (χ2n) is 15.8. The fourth-order valence-electron chi connectivity index (χ4n) is 10.2. The third kappa shape index (κ3) is 4.80. The van der Waals surface area contributed by atoms with E-state index in [-0.39, 0.29) is 0 Å². The number of rotatable bonds is 4. The molecule has 0 saturated carbocycles. The van der Waals surface area contributed by atoms with E-state index in [1.165, 1.54) is 108 Å². The summed E-state index contributed by atoms with van der Waals surface area (Å²) in [5.74, 6) is 0. The molecule has 278 valence electrons. The van der Waals surface area contributed by atoms with Gasteiger partial charge in [-0.1, -0.05) is 182 Å². The third-order valence-electron chi connectivity index (χ3n) is 12.7. The molecule has 13 rings (SSSR count). The van der Waals surface area contributed by atoms with Crippen molar-refractivity contribution in [2.45, 2.75) is 0 Å². The fraction of sp³-hybridized carbons (Fsp3) is 0. The number of hydrogen-bond acceptors (Lipinski definition) is 2. The van der Waals surface area contributed by atoms with Crippen LogP contribution in [0.25, 0.3) is 130 Å². The number of benzene rings is 11. The van der Waals surface area contributed by atoms with Gasteiger partial charge in [0.25, 0.3) is 0 Å². The van der Waals surface area contributed by atoms with Crippen LogP contribution in [0.4, 0.5) is 0 Å². The van der Waals surface area contributed by atoms with Crippen LogP contribution in [0.15, 0.2) is 211 Å². The van der Waals surface area contributed by atoms with Crippen LogP contribution in [0.5, 0.6) is 0 Å². The molecule has 0 atom stereocenters. The Labute approximate surface area is 350 Å². The predicted octanol–water partition coefficient (Wildman–Crippen LogP) is 17.2. The van der Waals surface area contributed by atoms with Crippen molar-refractivity contribution in [3.63, 3.8) is 0 Å². The van der Waals surface area contributed by atoms with E-state index in [1.807, 2.05) is 17.4 Å². The standard InChI is InChI=1S/C58H34OS/c1-2-16-35(17-3-1)53-37-18-4-8-22-41(37)56(42-23-9-5-19-38(42)53)48-28-15-31-51-58(48)46-33-32-36(34-52(46)60-51)54-39-20-6-10-24-43(39)55(44-25-11-7-21-40(44)54)47-27-14-30-50-57(47)45-26-12-13-29-49(45)59-50/h1-34H. The quantitative estimate of drug-likeness (QED) is 0.162. The molecule has 0 radical (unpaired) electrons. The molecule has 0 aliphatic rings. The second kappa shape index (κ2) is 13.0. The monoisotopic (exact) mass is 778 g/mol. The molecule has 13 aromatic rings. The van der Waals surface area contributed by atoms with Crippen molar-refractivity contribution in [2.24, 2.45) is 0 Å². The first-order valence-electron chi connectivity index (χ1n) is 20.6. The van der Waals surface area contributed by atoms with E-state index >= 15 is 0 Å². The fourth-order valence-corrected chi connectivity index (χ4v) is 11.4. The molecule has 0 N–H and O–H groups in total. The summed E-state index contributed by atoms with van der Waals surface area (Å²) in [6, 6.07) is 75.6. The minimum absolute atomic E-state index is 0.911. The smallest absolute Gasteiger partial charge is 0.136 e. The van der Waals surface area contributed by atoms with Gasteiger partial charge in [-0.3, -0.25) is 0 Å². The topological polar surface area (TPSA) is 13.1 Å². The lowest BCUT2D eigenvalue weighted by atomic mass is 9.84. The van der Waals surface area contributed by atoms with Crippen LogP contribution >= 0.6 is 11.3 Å². The van der Waals surface area contributed by atoms with E-state index in [0.29, 0.717) is 0 Å². The van der Waals surface area contributed by atoms with Gasteiger partial charge in [-0.15, -0.1) is 11.3 Å². The van der Waals surface area contributed by atoms with Crippen LogP contribution in [0.1, 0.15) is 0 Å². The van der Waals surface area contributed by atoms with Gasteiger partial charge in [0.1, 0.15) is 11.2 Å². The van der Waals surface area contributed by atoms with E-state index < -0.39 is 0 Å². The van der Waals surface area contributed by atoms with Gasteiger partial charge >= 0.3 is 0 Å². The van der Waals surface area contributed by atoms with Crippen LogP contribution in [-0.4, -0.2) is 0 Å². The summed E-state index contributed by atoms with van der Waals surface area (Å²) in [5, 5.41) is 15.0. The molecule has 0 saturated heterocycles. The van der Waals surface area contributed by atoms with Crippen molar-refractivity contribution in [1.29, 1.82) is 0 Å². The van der Waals surface area contributed by atoms with E-state index in [1.54, 1.807) is 0 Å². The average Bonchev–Trinajstić information content (AvgIpc) is 3.89. The number of furan rings is 1. The Morgan fingerprint density at radius 3 is 1.30 bits per heavy atom. The Bertz CT molecular complexity index is 3770. The minimum atomic E-state index is 0.911. The first kappa shape index (κ1) is 33.5. The lowest BCUT2D eigenvalue weighted by molar-refractivity contribution is 0.669. The van der Waals surface area contributed by atoms with E-state index in [0.717, 1.165) is 21.9 Å². The van der Waals surface area contributed by atoms with Gasteiger partial charge in [0.05, 0.1) is 0 Å². The van der Waals surface area contributed by atoms with Gasteiger partial charge in [0.15, 0.2) is 0 Å². The van der Waals surface area contributed by atoms with Crippen molar-refractivity contribution in [3.8, 4) is 44.5 Å². The Balaban J connectivity index is 1.06. The molecule has 0 fully saturated rings. The van der Waals surface area contributed by atoms with E-state index in [9.17, 15) is 0 Å². The highest BCUT2D eigenvalue weighted by atomic mass is 32.1. The molecule has 0 spiro atoms. The molecule has 2 heterocycles. The van der Waals surface area contributed by atoms with Crippen molar-refractivity contribution in [2.75, 3.05) is 0 Å². The van der Waals surface area contributed by atoms with Crippen molar-refractivity contribution >= 4 is 96.5 Å². The molecular weight excluding hydrogens is 745 g/mol. The van der Waals surface area contributed by atoms with Crippen LogP contribution in [0, 0.1) is 0 Å². The van der Waals surface area contributed by atoms with Crippen molar-refractivity contribution in [3.05, 3.63) is 206 Å². The summed E-state index contributed by atoms with van der Waals surface area (Å²) < 4.78 is 8.99. The van der Waals surface area contributed by atoms with Crippen molar-refractivity contribution in [1.82, 2.24) is 0 Å². The highest BCUT2D eigenvalue weighted by Gasteiger charge is 2.23. The van der Waals surface area contributed by atoms with Crippen LogP contribution in [0.2, 0.25) is 0 Å². The highest BCUT2D eigenvalue weighted by Crippen LogP contribution is 2.50. The Morgan fingerprint density at radius 1 is 0.267 bits per heavy atom. The third-order valence-corrected chi connectivity index (χ3v) is 13.8.